The van der Waals surface area contributed by atoms with Crippen molar-refractivity contribution in [3.8, 4) is 0 Å². The predicted octanol–water partition coefficient (Wildman–Crippen LogP) is 8.22. The maximum atomic E-state index is 16.3. The summed E-state index contributed by atoms with van der Waals surface area (Å²) in [6.45, 7) is 15.3. The number of likely N-dealkylation sites (tertiary alicyclic amines) is 1. The van der Waals surface area contributed by atoms with Crippen molar-refractivity contribution >= 4 is 58.7 Å². The van der Waals surface area contributed by atoms with Crippen molar-refractivity contribution < 1.29 is 55.8 Å². The second-order valence-electron chi connectivity index (χ2n) is 18.0. The molecule has 0 spiro atoms. The first kappa shape index (κ1) is 46.7. The maximum absolute atomic E-state index is 16.3. The molecule has 0 saturated carbocycles. The molecule has 3 saturated heterocycles. The fraction of sp³-hybridized carbons (Fsp3) is 0.545. The Morgan fingerprint density at radius 3 is 2.11 bits per heavy atom. The molecule has 0 bridgehead atoms. The second kappa shape index (κ2) is 18.5. The van der Waals surface area contributed by atoms with Crippen molar-refractivity contribution in [2.24, 2.45) is 10.8 Å². The van der Waals surface area contributed by atoms with Gasteiger partial charge in [-0.3, -0.25) is 37.6 Å². The number of esters is 2. The fourth-order valence-corrected chi connectivity index (χ4v) is 10.1. The summed E-state index contributed by atoms with van der Waals surface area (Å²) in [5, 5.41) is 3.04. The fourth-order valence-electron chi connectivity index (χ4n) is 7.90. The van der Waals surface area contributed by atoms with Crippen LogP contribution in [0.15, 0.2) is 54.6 Å². The van der Waals surface area contributed by atoms with E-state index in [1.807, 2.05) is 30.3 Å². The number of rotatable bonds is 12. The number of ether oxygens (including phenoxy) is 2. The Morgan fingerprint density at radius 2 is 1.50 bits per heavy atom. The monoisotopic (exact) mass is 898 g/mol. The highest BCUT2D eigenvalue weighted by Crippen LogP contribution is 2.67. The van der Waals surface area contributed by atoms with E-state index >= 15 is 8.78 Å². The van der Waals surface area contributed by atoms with Crippen LogP contribution in [-0.4, -0.2) is 90.3 Å². The van der Waals surface area contributed by atoms with Gasteiger partial charge in [0.1, 0.15) is 12.1 Å². The number of hydrogen-bond acceptors (Lipinski definition) is 11. The van der Waals surface area contributed by atoms with E-state index in [0.717, 1.165) is 41.9 Å². The molecule has 3 aliphatic heterocycles. The lowest BCUT2D eigenvalue weighted by atomic mass is 9.95. The van der Waals surface area contributed by atoms with E-state index in [2.05, 4.69) is 10.2 Å². The van der Waals surface area contributed by atoms with Gasteiger partial charge in [0, 0.05) is 22.8 Å². The number of halogens is 2. The average Bonchev–Trinajstić information content (AvgIpc) is 3.97. The standard InChI is InChI=1S/C44H53F2N4O10PS/c1-42(2,3)40(54)57-25-59-61(56,60-26-58-41(55)43(4,5)6)44(45,46)29-17-20-35-28(21-29)22-36(62-35)37(51)48-32-16-12-11-15-30-18-19-34(50(30)38(32)52)39(53)49-23-31(33(24-49)47-7)27-13-9-8-10-14-27/h8-10,13-14,17,20-22,30-34H,11-12,15-16,18-19,23-26H2,1-6H3,(H,48,51)/t30-,31-,32-,33+,34-/m0/s1. The van der Waals surface area contributed by atoms with Crippen LogP contribution in [0, 0.1) is 17.4 Å². The number of amides is 3. The third-order valence-corrected chi connectivity index (χ3v) is 14.4. The van der Waals surface area contributed by atoms with Gasteiger partial charge in [0.15, 0.2) is 0 Å². The predicted molar refractivity (Wildman–Crippen MR) is 226 cm³/mol. The van der Waals surface area contributed by atoms with Crippen molar-refractivity contribution in [3.05, 3.63) is 82.0 Å². The first-order valence-electron chi connectivity index (χ1n) is 20.6. The zero-order chi connectivity index (χ0) is 45.2. The van der Waals surface area contributed by atoms with Crippen LogP contribution in [0.25, 0.3) is 14.9 Å². The Kier molecular flexibility index (Phi) is 14.0. The second-order valence-corrected chi connectivity index (χ2v) is 21.2. The van der Waals surface area contributed by atoms with Crippen LogP contribution in [0.4, 0.5) is 8.78 Å². The smallest absolute Gasteiger partial charge is 0.410 e. The van der Waals surface area contributed by atoms with E-state index in [4.69, 9.17) is 25.1 Å². The van der Waals surface area contributed by atoms with Crippen molar-refractivity contribution in [1.82, 2.24) is 15.1 Å². The first-order chi connectivity index (χ1) is 29.1. The molecule has 3 amide bonds. The molecule has 62 heavy (non-hydrogen) atoms. The van der Waals surface area contributed by atoms with E-state index in [0.29, 0.717) is 36.9 Å². The van der Waals surface area contributed by atoms with Crippen LogP contribution < -0.4 is 5.32 Å². The van der Waals surface area contributed by atoms with E-state index in [-0.39, 0.29) is 40.6 Å². The quantitative estimate of drug-likeness (QED) is 0.0812. The van der Waals surface area contributed by atoms with Gasteiger partial charge < -0.3 is 29.4 Å². The zero-order valence-electron chi connectivity index (χ0n) is 35.7. The molecule has 3 aliphatic rings. The molecule has 0 unspecified atom stereocenters. The Hall–Kier alpha value is -4.75. The summed E-state index contributed by atoms with van der Waals surface area (Å²) in [6, 6.07) is 12.1. The highest BCUT2D eigenvalue weighted by molar-refractivity contribution is 7.54. The van der Waals surface area contributed by atoms with Crippen molar-refractivity contribution in [1.29, 1.82) is 0 Å². The summed E-state index contributed by atoms with van der Waals surface area (Å²) in [4.78, 5) is 74.2. The van der Waals surface area contributed by atoms with Gasteiger partial charge in [-0.15, -0.1) is 11.3 Å². The van der Waals surface area contributed by atoms with Crippen LogP contribution in [-0.2, 0) is 47.9 Å². The number of fused-ring (bicyclic) bond motifs is 2. The number of alkyl halides is 2. The summed E-state index contributed by atoms with van der Waals surface area (Å²) < 4.78 is 66.8. The molecule has 1 aromatic heterocycles. The third kappa shape index (κ3) is 10.0. The van der Waals surface area contributed by atoms with E-state index in [1.54, 1.807) is 9.80 Å². The van der Waals surface area contributed by atoms with Crippen LogP contribution in [0.1, 0.15) is 107 Å². The van der Waals surface area contributed by atoms with E-state index in [9.17, 15) is 28.5 Å². The lowest BCUT2D eigenvalue weighted by Crippen LogP contribution is -2.56. The van der Waals surface area contributed by atoms with Gasteiger partial charge in [0.05, 0.1) is 28.2 Å². The number of hydrogen-bond donors (Lipinski definition) is 1. The Bertz CT molecular complexity index is 2230. The summed E-state index contributed by atoms with van der Waals surface area (Å²) in [5.74, 6) is -2.95. The Balaban J connectivity index is 1.18. The minimum Gasteiger partial charge on any atom is -0.438 e. The van der Waals surface area contributed by atoms with Crippen LogP contribution in [0.5, 0.6) is 0 Å². The lowest BCUT2D eigenvalue weighted by molar-refractivity contribution is -0.163. The topological polar surface area (TPSA) is 162 Å². The summed E-state index contributed by atoms with van der Waals surface area (Å²) in [5.41, 5.74) is -6.26. The number of nitrogens with one attached hydrogen (secondary N) is 1. The third-order valence-electron chi connectivity index (χ3n) is 11.4. The van der Waals surface area contributed by atoms with Gasteiger partial charge in [-0.1, -0.05) is 49.2 Å². The van der Waals surface area contributed by atoms with Crippen LogP contribution >= 0.6 is 18.9 Å². The molecular weight excluding hydrogens is 846 g/mol. The highest BCUT2D eigenvalue weighted by atomic mass is 32.1. The van der Waals surface area contributed by atoms with Gasteiger partial charge in [0.25, 0.3) is 5.91 Å². The first-order valence-corrected chi connectivity index (χ1v) is 23.0. The van der Waals surface area contributed by atoms with E-state index in [1.165, 1.54) is 53.7 Å². The van der Waals surface area contributed by atoms with Crippen LogP contribution in [0.2, 0.25) is 0 Å². The molecule has 334 valence electrons. The number of carbonyl (C=O) groups is 5. The zero-order valence-corrected chi connectivity index (χ0v) is 37.4. The highest BCUT2D eigenvalue weighted by Gasteiger charge is 2.56. The molecule has 4 heterocycles. The Morgan fingerprint density at radius 1 is 0.871 bits per heavy atom. The number of carbonyl (C=O) groups excluding carboxylic acids is 5. The van der Waals surface area contributed by atoms with E-state index < -0.39 is 79.2 Å². The van der Waals surface area contributed by atoms with Crippen molar-refractivity contribution in [3.63, 3.8) is 0 Å². The lowest BCUT2D eigenvalue weighted by Gasteiger charge is -2.36. The summed E-state index contributed by atoms with van der Waals surface area (Å²) >= 11 is 0.999. The number of thiophene rings is 1. The molecule has 3 aromatic rings. The van der Waals surface area contributed by atoms with Crippen LogP contribution in [0.3, 0.4) is 0 Å². The normalized spacial score (nSPS) is 22.4. The molecule has 5 atom stereocenters. The van der Waals surface area contributed by atoms with Gasteiger partial charge >= 0.3 is 25.2 Å². The minimum atomic E-state index is -5.59. The SMILES string of the molecule is [C-]#[N+][C@@H]1CN(C(=O)[C@@H]2CC[C@@H]3CCCC[C@H](NC(=O)c4cc5cc(C(F)(F)P(=O)(OCOC(=O)C(C)(C)C)OCOC(=O)C(C)(C)C)ccc5s4)C(=O)N32)C[C@H]1c1ccccc1. The molecule has 1 N–H and O–H groups in total. The molecule has 3 fully saturated rings. The molecule has 2 aromatic carbocycles. The number of benzene rings is 2. The van der Waals surface area contributed by atoms with Crippen molar-refractivity contribution in [2.75, 3.05) is 26.7 Å². The largest absolute Gasteiger partial charge is 0.438 e. The molecule has 14 nitrogen and oxygen atoms in total. The molecule has 0 radical (unpaired) electrons. The molecule has 6 rings (SSSR count). The molecule has 18 heteroatoms. The van der Waals surface area contributed by atoms with Gasteiger partial charge in [0.2, 0.25) is 31.4 Å². The minimum absolute atomic E-state index is 0.119. The molecule has 0 aliphatic carbocycles. The maximum Gasteiger partial charge on any atom is 0.410 e. The van der Waals surface area contributed by atoms with Gasteiger partial charge in [-0.05, 0) is 96.4 Å². The molecular formula is C44H53F2N4O10PS. The number of nitrogens with zero attached hydrogens (tertiary/aromatic N) is 3. The van der Waals surface area contributed by atoms with Crippen molar-refractivity contribution in [2.45, 2.75) is 116 Å². The average molecular weight is 899 g/mol. The Labute approximate surface area is 363 Å². The van der Waals surface area contributed by atoms with Gasteiger partial charge in [-0.25, -0.2) is 6.57 Å². The summed E-state index contributed by atoms with van der Waals surface area (Å²) in [6.07, 6.45) is 3.63. The summed E-state index contributed by atoms with van der Waals surface area (Å²) in [7, 11) is -5.59. The van der Waals surface area contributed by atoms with Gasteiger partial charge in [-0.2, -0.15) is 8.78 Å².